The summed E-state index contributed by atoms with van der Waals surface area (Å²) in [7, 11) is 0. The fourth-order valence-electron chi connectivity index (χ4n) is 5.77. The summed E-state index contributed by atoms with van der Waals surface area (Å²) >= 11 is 0. The Labute approximate surface area is 242 Å². The Bertz CT molecular complexity index is 1930. The number of hydrogen-bond acceptors (Lipinski definition) is 5. The van der Waals surface area contributed by atoms with Crippen LogP contribution >= 0.6 is 0 Å². The van der Waals surface area contributed by atoms with Gasteiger partial charge >= 0.3 is 5.97 Å². The molecule has 1 aliphatic heterocycles. The minimum Gasteiger partial charge on any atom is -0.478 e. The van der Waals surface area contributed by atoms with Crippen LogP contribution in [0.2, 0.25) is 0 Å². The highest BCUT2D eigenvalue weighted by Crippen LogP contribution is 2.44. The number of amides is 1. The second-order valence-corrected chi connectivity index (χ2v) is 10.3. The second-order valence-electron chi connectivity index (χ2n) is 10.3. The Morgan fingerprint density at radius 3 is 2.26 bits per heavy atom. The van der Waals surface area contributed by atoms with Crippen LogP contribution in [0.4, 0.5) is 0 Å². The average molecular weight is 556 g/mol. The highest BCUT2D eigenvalue weighted by Gasteiger charge is 2.50. The third-order valence-corrected chi connectivity index (χ3v) is 7.82. The van der Waals surface area contributed by atoms with Crippen LogP contribution < -0.4 is 15.9 Å². The molecule has 3 atom stereocenters. The quantitative estimate of drug-likeness (QED) is 0.272. The number of fused-ring (bicyclic) bond motifs is 2. The molecule has 7 nitrogen and oxygen atoms in total. The van der Waals surface area contributed by atoms with Crippen molar-refractivity contribution in [1.82, 2.24) is 10.3 Å². The van der Waals surface area contributed by atoms with Gasteiger partial charge in [0.05, 0.1) is 28.2 Å². The van der Waals surface area contributed by atoms with Gasteiger partial charge < -0.3 is 15.5 Å². The van der Waals surface area contributed by atoms with Gasteiger partial charge in [0.15, 0.2) is 5.60 Å². The van der Waals surface area contributed by atoms with Crippen molar-refractivity contribution in [3.05, 3.63) is 148 Å². The molecule has 0 saturated heterocycles. The predicted octanol–water partition coefficient (Wildman–Crippen LogP) is 4.61. The molecule has 6 rings (SSSR count). The van der Waals surface area contributed by atoms with Crippen LogP contribution in [0.15, 0.2) is 120 Å². The standard InChI is InChI=1S/C35H29N3O4/c1-2-26(22-12-5-3-6-13-22)38-33(39)25-17-11-19-28-30(25)31(34(40)41)35(42,32(37-28)24-15-7-4-8-16-24)29-21-20-23-14-9-10-18-27(23)36-29/h3-21,26,32,42H,2H2,1H3,(H,38,39)(H,40,41). The number of nitrogens with one attached hydrogen (secondary N) is 1. The molecule has 0 fully saturated rings. The van der Waals surface area contributed by atoms with Crippen molar-refractivity contribution in [2.24, 2.45) is 4.99 Å². The summed E-state index contributed by atoms with van der Waals surface area (Å²) in [5, 5.41) is 27.8. The molecule has 0 bridgehead atoms. The molecule has 0 radical (unpaired) electrons. The lowest BCUT2D eigenvalue weighted by Crippen LogP contribution is -2.51. The number of aromatic nitrogens is 1. The number of benzene rings is 4. The molecule has 7 heteroatoms. The van der Waals surface area contributed by atoms with Gasteiger partial charge in [0.1, 0.15) is 6.04 Å². The molecule has 42 heavy (non-hydrogen) atoms. The number of carboxylic acids is 1. The molecule has 3 unspecified atom stereocenters. The fraction of sp³-hybridized carbons (Fsp3) is 0.143. The zero-order valence-electron chi connectivity index (χ0n) is 22.9. The zero-order valence-corrected chi connectivity index (χ0v) is 22.9. The van der Waals surface area contributed by atoms with E-state index in [1.54, 1.807) is 48.5 Å². The van der Waals surface area contributed by atoms with E-state index in [2.05, 4.69) is 5.32 Å². The third-order valence-electron chi connectivity index (χ3n) is 7.82. The second kappa shape index (κ2) is 11.0. The molecule has 0 spiro atoms. The Kier molecular flexibility index (Phi) is 7.10. The summed E-state index contributed by atoms with van der Waals surface area (Å²) in [4.78, 5) is 36.7. The van der Waals surface area contributed by atoms with E-state index in [1.807, 2.05) is 73.7 Å². The van der Waals surface area contributed by atoms with Crippen LogP contribution in [0.5, 0.6) is 0 Å². The van der Waals surface area contributed by atoms with E-state index in [-0.39, 0.29) is 28.1 Å². The number of hydrogen-bond donors (Lipinski definition) is 3. The van der Waals surface area contributed by atoms with Gasteiger partial charge in [-0.15, -0.1) is 0 Å². The van der Waals surface area contributed by atoms with Crippen LogP contribution in [-0.4, -0.2) is 27.1 Å². The van der Waals surface area contributed by atoms with Gasteiger partial charge in [-0.25, -0.2) is 9.78 Å². The summed E-state index contributed by atoms with van der Waals surface area (Å²) in [6.07, 6.45) is 0.631. The highest BCUT2D eigenvalue weighted by molar-refractivity contribution is 6.13. The molecule has 1 aliphatic rings. The molecule has 208 valence electrons. The van der Waals surface area contributed by atoms with E-state index >= 15 is 0 Å². The van der Waals surface area contributed by atoms with E-state index < -0.39 is 23.5 Å². The lowest BCUT2D eigenvalue weighted by Gasteiger charge is -2.37. The number of aliphatic carboxylic acids is 1. The lowest BCUT2D eigenvalue weighted by molar-refractivity contribution is -0.132. The molecule has 2 heterocycles. The molecule has 4 aromatic carbocycles. The van der Waals surface area contributed by atoms with Crippen LogP contribution in [0.3, 0.4) is 0 Å². The number of rotatable bonds is 7. The number of carbonyl (C=O) groups excluding carboxylic acids is 1. The Morgan fingerprint density at radius 1 is 0.857 bits per heavy atom. The first-order valence-corrected chi connectivity index (χ1v) is 13.9. The summed E-state index contributed by atoms with van der Waals surface area (Å²) in [6, 6.07) is 33.1. The van der Waals surface area contributed by atoms with Crippen molar-refractivity contribution in [3.8, 4) is 0 Å². The Hall–Kier alpha value is -5.14. The van der Waals surface area contributed by atoms with E-state index in [9.17, 15) is 19.8 Å². The van der Waals surface area contributed by atoms with Crippen molar-refractivity contribution in [3.63, 3.8) is 0 Å². The average Bonchev–Trinajstić information content (AvgIpc) is 3.03. The van der Waals surface area contributed by atoms with Crippen LogP contribution in [0, 0.1) is 0 Å². The van der Waals surface area contributed by atoms with Crippen molar-refractivity contribution in [1.29, 1.82) is 0 Å². The Balaban J connectivity index is 1.61. The molecule has 1 aromatic heterocycles. The van der Waals surface area contributed by atoms with Gasteiger partial charge in [-0.2, -0.15) is 0 Å². The number of para-hydroxylation sites is 1. The maximum Gasteiger partial charge on any atom is 0.335 e. The molecular weight excluding hydrogens is 526 g/mol. The molecule has 0 saturated carbocycles. The van der Waals surface area contributed by atoms with Gasteiger partial charge in [-0.3, -0.25) is 9.79 Å². The summed E-state index contributed by atoms with van der Waals surface area (Å²) in [5.41, 5.74) is -0.130. The molecular formula is C35H29N3O4. The van der Waals surface area contributed by atoms with Gasteiger partial charge in [-0.05, 0) is 41.8 Å². The lowest BCUT2D eigenvalue weighted by atomic mass is 9.76. The summed E-state index contributed by atoms with van der Waals surface area (Å²) in [6.45, 7) is 1.97. The monoisotopic (exact) mass is 555 g/mol. The van der Waals surface area contributed by atoms with Crippen molar-refractivity contribution >= 4 is 28.4 Å². The maximum absolute atomic E-state index is 13.8. The number of pyridine rings is 1. The molecule has 5 aromatic rings. The van der Waals surface area contributed by atoms with Gasteiger partial charge in [0.25, 0.3) is 5.91 Å². The fourth-order valence-corrected chi connectivity index (χ4v) is 5.77. The minimum atomic E-state index is -2.19. The van der Waals surface area contributed by atoms with Crippen molar-refractivity contribution in [2.75, 3.05) is 0 Å². The van der Waals surface area contributed by atoms with Crippen LogP contribution in [0.1, 0.15) is 52.6 Å². The number of carbonyl (C=O) groups is 2. The van der Waals surface area contributed by atoms with Gasteiger partial charge in [0.2, 0.25) is 0 Å². The normalized spacial score (nSPS) is 18.5. The first-order chi connectivity index (χ1) is 20.4. The predicted molar refractivity (Wildman–Crippen MR) is 160 cm³/mol. The van der Waals surface area contributed by atoms with E-state index in [0.717, 1.165) is 10.9 Å². The van der Waals surface area contributed by atoms with E-state index in [0.29, 0.717) is 22.9 Å². The highest BCUT2D eigenvalue weighted by atomic mass is 16.4. The number of aliphatic hydroxyl groups is 1. The SMILES string of the molecule is CCC(NC(=O)c1cccc2c1=C(C(=O)O)C(O)(c1ccc3ccccc3n1)C(c1ccccc1)N=2)c1ccccc1. The first kappa shape index (κ1) is 27.1. The number of carboxylic acid groups (broad SMARTS) is 1. The van der Waals surface area contributed by atoms with Gasteiger partial charge in [0, 0.05) is 16.2 Å². The topological polar surface area (TPSA) is 112 Å². The van der Waals surface area contributed by atoms with Crippen LogP contribution in [-0.2, 0) is 10.4 Å². The first-order valence-electron chi connectivity index (χ1n) is 13.9. The van der Waals surface area contributed by atoms with Crippen molar-refractivity contribution < 1.29 is 19.8 Å². The number of nitrogens with zero attached hydrogens (tertiary/aromatic N) is 2. The zero-order chi connectivity index (χ0) is 29.3. The molecule has 3 N–H and O–H groups in total. The minimum absolute atomic E-state index is 0.0788. The summed E-state index contributed by atoms with van der Waals surface area (Å²) < 4.78 is 0. The summed E-state index contributed by atoms with van der Waals surface area (Å²) in [5.74, 6) is -1.82. The third kappa shape index (κ3) is 4.63. The smallest absolute Gasteiger partial charge is 0.335 e. The largest absolute Gasteiger partial charge is 0.478 e. The van der Waals surface area contributed by atoms with Crippen molar-refractivity contribution in [2.45, 2.75) is 31.0 Å². The van der Waals surface area contributed by atoms with Gasteiger partial charge in [-0.1, -0.05) is 97.9 Å². The van der Waals surface area contributed by atoms with E-state index in [1.165, 1.54) is 0 Å². The Morgan fingerprint density at radius 2 is 1.55 bits per heavy atom. The molecule has 1 amide bonds. The van der Waals surface area contributed by atoms with E-state index in [4.69, 9.17) is 9.98 Å². The molecule has 0 aliphatic carbocycles. The maximum atomic E-state index is 13.8. The van der Waals surface area contributed by atoms with Crippen LogP contribution in [0.25, 0.3) is 16.5 Å².